The third kappa shape index (κ3) is 3.08. The number of rotatable bonds is 6. The molecule has 0 aliphatic carbocycles. The van der Waals surface area contributed by atoms with E-state index < -0.39 is 0 Å². The van der Waals surface area contributed by atoms with Crippen molar-refractivity contribution in [3.8, 4) is 0 Å². The van der Waals surface area contributed by atoms with Crippen LogP contribution in [0.1, 0.15) is 50.5 Å². The summed E-state index contributed by atoms with van der Waals surface area (Å²) in [5.74, 6) is 7.28. The second kappa shape index (κ2) is 5.93. The lowest BCUT2D eigenvalue weighted by Gasteiger charge is -2.20. The SMILES string of the molecule is CCC(CC)CC(NN)c1ccoc1C. The first-order valence-corrected chi connectivity index (χ1v) is 5.73. The molecule has 3 heteroatoms. The van der Waals surface area contributed by atoms with Crippen LogP contribution in [0.25, 0.3) is 0 Å². The Bertz CT molecular complexity index is 279. The van der Waals surface area contributed by atoms with E-state index in [9.17, 15) is 0 Å². The second-order valence-corrected chi connectivity index (χ2v) is 4.07. The van der Waals surface area contributed by atoms with E-state index in [4.69, 9.17) is 10.3 Å². The monoisotopic (exact) mass is 210 g/mol. The number of hydrazine groups is 1. The van der Waals surface area contributed by atoms with Crippen LogP contribution in [0.3, 0.4) is 0 Å². The Morgan fingerprint density at radius 3 is 2.47 bits per heavy atom. The quantitative estimate of drug-likeness (QED) is 0.560. The van der Waals surface area contributed by atoms with Crippen molar-refractivity contribution < 1.29 is 4.42 Å². The summed E-state index contributed by atoms with van der Waals surface area (Å²) in [6.07, 6.45) is 5.20. The number of hydrogen-bond donors (Lipinski definition) is 2. The van der Waals surface area contributed by atoms with Gasteiger partial charge in [0.05, 0.1) is 6.26 Å². The predicted molar refractivity (Wildman–Crippen MR) is 62.2 cm³/mol. The fourth-order valence-electron chi connectivity index (χ4n) is 2.00. The van der Waals surface area contributed by atoms with Gasteiger partial charge in [-0.05, 0) is 25.3 Å². The summed E-state index contributed by atoms with van der Waals surface area (Å²) in [6.45, 7) is 6.43. The van der Waals surface area contributed by atoms with Crippen molar-refractivity contribution >= 4 is 0 Å². The average molecular weight is 210 g/mol. The van der Waals surface area contributed by atoms with Crippen LogP contribution in [0.4, 0.5) is 0 Å². The highest BCUT2D eigenvalue weighted by molar-refractivity contribution is 5.20. The van der Waals surface area contributed by atoms with Gasteiger partial charge in [0.25, 0.3) is 0 Å². The first-order chi connectivity index (χ1) is 7.22. The first-order valence-electron chi connectivity index (χ1n) is 5.73. The highest BCUT2D eigenvalue weighted by atomic mass is 16.3. The minimum atomic E-state index is 0.216. The molecular weight excluding hydrogens is 188 g/mol. The molecule has 1 unspecified atom stereocenters. The Morgan fingerprint density at radius 2 is 2.07 bits per heavy atom. The van der Waals surface area contributed by atoms with Gasteiger partial charge >= 0.3 is 0 Å². The van der Waals surface area contributed by atoms with E-state index in [1.807, 2.05) is 13.0 Å². The normalized spacial score (nSPS) is 13.4. The molecule has 0 fully saturated rings. The summed E-state index contributed by atoms with van der Waals surface area (Å²) in [6, 6.07) is 2.22. The summed E-state index contributed by atoms with van der Waals surface area (Å²) >= 11 is 0. The van der Waals surface area contributed by atoms with Crippen molar-refractivity contribution in [2.75, 3.05) is 0 Å². The van der Waals surface area contributed by atoms with Crippen LogP contribution in [0.15, 0.2) is 16.7 Å². The molecule has 0 saturated heterocycles. The zero-order valence-electron chi connectivity index (χ0n) is 9.92. The fourth-order valence-corrected chi connectivity index (χ4v) is 2.00. The second-order valence-electron chi connectivity index (χ2n) is 4.07. The fraction of sp³-hybridized carbons (Fsp3) is 0.667. The van der Waals surface area contributed by atoms with E-state index in [-0.39, 0.29) is 6.04 Å². The number of nitrogens with one attached hydrogen (secondary N) is 1. The lowest BCUT2D eigenvalue weighted by atomic mass is 9.92. The van der Waals surface area contributed by atoms with E-state index in [1.165, 1.54) is 18.4 Å². The predicted octanol–water partition coefficient (Wildman–Crippen LogP) is 2.92. The van der Waals surface area contributed by atoms with Crippen molar-refractivity contribution in [3.05, 3.63) is 23.7 Å². The Hall–Kier alpha value is -0.800. The molecule has 0 bridgehead atoms. The largest absolute Gasteiger partial charge is 0.469 e. The molecule has 0 aromatic carbocycles. The minimum Gasteiger partial charge on any atom is -0.469 e. The molecule has 1 aromatic heterocycles. The van der Waals surface area contributed by atoms with E-state index >= 15 is 0 Å². The van der Waals surface area contributed by atoms with Crippen molar-refractivity contribution in [2.45, 2.75) is 46.1 Å². The Kier molecular flexibility index (Phi) is 4.85. The molecule has 86 valence electrons. The summed E-state index contributed by atoms with van der Waals surface area (Å²) in [4.78, 5) is 0. The van der Waals surface area contributed by atoms with Gasteiger partial charge < -0.3 is 4.42 Å². The van der Waals surface area contributed by atoms with Crippen LogP contribution in [-0.4, -0.2) is 0 Å². The molecule has 0 aliphatic heterocycles. The molecule has 3 N–H and O–H groups in total. The highest BCUT2D eigenvalue weighted by Gasteiger charge is 2.17. The molecule has 0 spiro atoms. The summed E-state index contributed by atoms with van der Waals surface area (Å²) in [7, 11) is 0. The molecule has 0 aliphatic rings. The van der Waals surface area contributed by atoms with Crippen LogP contribution in [0, 0.1) is 12.8 Å². The topological polar surface area (TPSA) is 51.2 Å². The van der Waals surface area contributed by atoms with E-state index in [2.05, 4.69) is 19.3 Å². The average Bonchev–Trinajstić information content (AvgIpc) is 2.67. The maximum Gasteiger partial charge on any atom is 0.105 e. The lowest BCUT2D eigenvalue weighted by molar-refractivity contribution is 0.371. The smallest absolute Gasteiger partial charge is 0.105 e. The molecule has 15 heavy (non-hydrogen) atoms. The number of nitrogens with two attached hydrogens (primary N) is 1. The number of furan rings is 1. The number of aryl methyl sites for hydroxylation is 1. The van der Waals surface area contributed by atoms with Crippen molar-refractivity contribution in [2.24, 2.45) is 11.8 Å². The van der Waals surface area contributed by atoms with Gasteiger partial charge in [0.15, 0.2) is 0 Å². The van der Waals surface area contributed by atoms with Crippen LogP contribution in [0.2, 0.25) is 0 Å². The molecule has 1 heterocycles. The summed E-state index contributed by atoms with van der Waals surface area (Å²) in [5, 5.41) is 0. The third-order valence-corrected chi connectivity index (χ3v) is 3.20. The molecule has 1 aromatic rings. The van der Waals surface area contributed by atoms with Crippen LogP contribution >= 0.6 is 0 Å². The van der Waals surface area contributed by atoms with Gasteiger partial charge in [-0.2, -0.15) is 0 Å². The van der Waals surface area contributed by atoms with Gasteiger partial charge in [-0.25, -0.2) is 0 Å². The van der Waals surface area contributed by atoms with Gasteiger partial charge in [0, 0.05) is 11.6 Å². The van der Waals surface area contributed by atoms with Crippen LogP contribution in [-0.2, 0) is 0 Å². The summed E-state index contributed by atoms with van der Waals surface area (Å²) < 4.78 is 5.30. The van der Waals surface area contributed by atoms with Gasteiger partial charge in [-0.1, -0.05) is 26.7 Å². The molecule has 0 radical (unpaired) electrons. The highest BCUT2D eigenvalue weighted by Crippen LogP contribution is 2.27. The Labute approximate surface area is 92.0 Å². The van der Waals surface area contributed by atoms with Crippen LogP contribution < -0.4 is 11.3 Å². The molecule has 0 amide bonds. The van der Waals surface area contributed by atoms with Crippen molar-refractivity contribution in [3.63, 3.8) is 0 Å². The summed E-state index contributed by atoms with van der Waals surface area (Å²) in [5.41, 5.74) is 4.07. The van der Waals surface area contributed by atoms with Gasteiger partial charge in [-0.15, -0.1) is 0 Å². The van der Waals surface area contributed by atoms with Gasteiger partial charge in [-0.3, -0.25) is 11.3 Å². The van der Waals surface area contributed by atoms with Crippen molar-refractivity contribution in [1.82, 2.24) is 5.43 Å². The third-order valence-electron chi connectivity index (χ3n) is 3.20. The van der Waals surface area contributed by atoms with E-state index in [0.717, 1.165) is 18.1 Å². The first kappa shape index (κ1) is 12.3. The molecular formula is C12H22N2O. The van der Waals surface area contributed by atoms with E-state index in [1.54, 1.807) is 6.26 Å². The molecule has 0 saturated carbocycles. The molecule has 1 rings (SSSR count). The maximum absolute atomic E-state index is 5.60. The van der Waals surface area contributed by atoms with Crippen LogP contribution in [0.5, 0.6) is 0 Å². The molecule has 3 nitrogen and oxygen atoms in total. The Morgan fingerprint density at radius 1 is 1.40 bits per heavy atom. The minimum absolute atomic E-state index is 0.216. The Balaban J connectivity index is 2.68. The van der Waals surface area contributed by atoms with E-state index in [0.29, 0.717) is 0 Å². The molecule has 1 atom stereocenters. The zero-order chi connectivity index (χ0) is 11.3. The zero-order valence-corrected chi connectivity index (χ0v) is 9.92. The lowest BCUT2D eigenvalue weighted by Crippen LogP contribution is -2.29. The van der Waals surface area contributed by atoms with Gasteiger partial charge in [0.2, 0.25) is 0 Å². The number of hydrogen-bond acceptors (Lipinski definition) is 3. The van der Waals surface area contributed by atoms with Crippen molar-refractivity contribution in [1.29, 1.82) is 0 Å². The van der Waals surface area contributed by atoms with Gasteiger partial charge in [0.1, 0.15) is 5.76 Å². The maximum atomic E-state index is 5.60. The standard InChI is InChI=1S/C12H22N2O/c1-4-10(5-2)8-12(14-13)11-6-7-15-9(11)3/h6-7,10,12,14H,4-5,8,13H2,1-3H3.